The number of hydrogen-bond acceptors (Lipinski definition) is 4. The molecule has 4 nitrogen and oxygen atoms in total. The lowest BCUT2D eigenvalue weighted by atomic mass is 9.95. The number of para-hydroxylation sites is 2. The molecular weight excluding hydrogens is 386 g/mol. The first-order chi connectivity index (χ1) is 14.0. The van der Waals surface area contributed by atoms with E-state index in [1.165, 1.54) is 6.08 Å². The van der Waals surface area contributed by atoms with E-state index in [4.69, 9.17) is 21.1 Å². The number of hydrogen-bond donors (Lipinski definition) is 0. The van der Waals surface area contributed by atoms with Crippen molar-refractivity contribution in [1.29, 1.82) is 0 Å². The predicted octanol–water partition coefficient (Wildman–Crippen LogP) is 5.70. The van der Waals surface area contributed by atoms with Crippen LogP contribution in [0.2, 0.25) is 5.15 Å². The SMILES string of the molecule is CCOC1(C)Oc2ccccc2C=C1C(=O)/C=C/c1cc2ccccc2nc1Cl. The first-order valence-electron chi connectivity index (χ1n) is 9.42. The molecule has 0 fully saturated rings. The minimum atomic E-state index is -1.16. The van der Waals surface area contributed by atoms with Crippen LogP contribution in [-0.4, -0.2) is 23.2 Å². The van der Waals surface area contributed by atoms with Crippen LogP contribution in [0.25, 0.3) is 23.1 Å². The van der Waals surface area contributed by atoms with Crippen LogP contribution in [0.5, 0.6) is 5.75 Å². The normalized spacial score (nSPS) is 18.4. The molecule has 146 valence electrons. The van der Waals surface area contributed by atoms with Crippen molar-refractivity contribution >= 4 is 40.4 Å². The molecule has 1 aliphatic rings. The van der Waals surface area contributed by atoms with Crippen LogP contribution in [0.1, 0.15) is 25.0 Å². The summed E-state index contributed by atoms with van der Waals surface area (Å²) < 4.78 is 11.9. The third-order valence-electron chi connectivity index (χ3n) is 4.82. The van der Waals surface area contributed by atoms with Crippen molar-refractivity contribution in [1.82, 2.24) is 4.98 Å². The Labute approximate surface area is 174 Å². The molecule has 29 heavy (non-hydrogen) atoms. The summed E-state index contributed by atoms with van der Waals surface area (Å²) in [5.74, 6) is -0.680. The lowest BCUT2D eigenvalue weighted by molar-refractivity contribution is -0.146. The monoisotopic (exact) mass is 405 g/mol. The minimum Gasteiger partial charge on any atom is -0.458 e. The van der Waals surface area contributed by atoms with Crippen LogP contribution in [0, 0.1) is 0 Å². The number of carbonyl (C=O) groups excluding carboxylic acids is 1. The van der Waals surface area contributed by atoms with Gasteiger partial charge in [0.05, 0.1) is 11.1 Å². The molecule has 0 saturated carbocycles. The van der Waals surface area contributed by atoms with Crippen LogP contribution in [-0.2, 0) is 9.53 Å². The maximum Gasteiger partial charge on any atom is 0.238 e. The Kier molecular flexibility index (Phi) is 5.22. The van der Waals surface area contributed by atoms with E-state index in [2.05, 4.69) is 4.98 Å². The highest BCUT2D eigenvalue weighted by atomic mass is 35.5. The van der Waals surface area contributed by atoms with E-state index in [-0.39, 0.29) is 5.78 Å². The molecule has 0 spiro atoms. The van der Waals surface area contributed by atoms with Gasteiger partial charge in [-0.1, -0.05) is 48.0 Å². The predicted molar refractivity (Wildman–Crippen MR) is 116 cm³/mol. The molecule has 0 radical (unpaired) electrons. The molecule has 0 N–H and O–H groups in total. The first kappa shape index (κ1) is 19.4. The highest BCUT2D eigenvalue weighted by molar-refractivity contribution is 6.31. The maximum absolute atomic E-state index is 13.1. The molecule has 2 heterocycles. The zero-order valence-electron chi connectivity index (χ0n) is 16.2. The molecule has 0 aliphatic carbocycles. The number of aromatic nitrogens is 1. The second-order valence-corrected chi connectivity index (χ2v) is 7.19. The summed E-state index contributed by atoms with van der Waals surface area (Å²) in [7, 11) is 0. The summed E-state index contributed by atoms with van der Waals surface area (Å²) in [5.41, 5.74) is 2.76. The summed E-state index contributed by atoms with van der Waals surface area (Å²) >= 11 is 6.31. The fourth-order valence-corrected chi connectivity index (χ4v) is 3.61. The molecule has 0 saturated heterocycles. The van der Waals surface area contributed by atoms with Gasteiger partial charge in [-0.2, -0.15) is 0 Å². The van der Waals surface area contributed by atoms with Crippen LogP contribution in [0.15, 0.2) is 66.2 Å². The number of carbonyl (C=O) groups is 1. The summed E-state index contributed by atoms with van der Waals surface area (Å²) in [6.45, 7) is 4.04. The van der Waals surface area contributed by atoms with Crippen LogP contribution in [0.4, 0.5) is 0 Å². The second-order valence-electron chi connectivity index (χ2n) is 6.84. The number of benzene rings is 2. The molecule has 4 rings (SSSR count). The Morgan fingerprint density at radius 2 is 1.97 bits per heavy atom. The number of rotatable bonds is 5. The average molecular weight is 406 g/mol. The fourth-order valence-electron chi connectivity index (χ4n) is 3.40. The van der Waals surface area contributed by atoms with Crippen molar-refractivity contribution in [3.8, 4) is 5.75 Å². The summed E-state index contributed by atoms with van der Waals surface area (Å²) in [6.07, 6.45) is 4.98. The zero-order chi connectivity index (χ0) is 20.4. The quantitative estimate of drug-likeness (QED) is 0.403. The van der Waals surface area contributed by atoms with E-state index in [1.807, 2.05) is 67.6 Å². The smallest absolute Gasteiger partial charge is 0.238 e. The van der Waals surface area contributed by atoms with Crippen molar-refractivity contribution < 1.29 is 14.3 Å². The summed E-state index contributed by atoms with van der Waals surface area (Å²) in [5, 5.41) is 1.30. The Hall–Kier alpha value is -2.95. The highest BCUT2D eigenvalue weighted by Crippen LogP contribution is 2.37. The number of ketones is 1. The van der Waals surface area contributed by atoms with E-state index < -0.39 is 5.79 Å². The third-order valence-corrected chi connectivity index (χ3v) is 5.12. The molecule has 2 aromatic carbocycles. The van der Waals surface area contributed by atoms with E-state index in [9.17, 15) is 4.79 Å². The van der Waals surface area contributed by atoms with Crippen molar-refractivity contribution in [2.45, 2.75) is 19.6 Å². The first-order valence-corrected chi connectivity index (χ1v) is 9.80. The molecule has 3 aromatic rings. The Morgan fingerprint density at radius 1 is 1.21 bits per heavy atom. The maximum atomic E-state index is 13.1. The van der Waals surface area contributed by atoms with Gasteiger partial charge in [0.15, 0.2) is 5.78 Å². The van der Waals surface area contributed by atoms with Gasteiger partial charge in [-0.15, -0.1) is 0 Å². The molecule has 5 heteroatoms. The number of pyridine rings is 1. The summed E-state index contributed by atoms with van der Waals surface area (Å²) in [4.78, 5) is 17.5. The van der Waals surface area contributed by atoms with Gasteiger partial charge in [0, 0.05) is 30.0 Å². The van der Waals surface area contributed by atoms with Crippen molar-refractivity contribution in [3.63, 3.8) is 0 Å². The second kappa shape index (κ2) is 7.82. The van der Waals surface area contributed by atoms with Gasteiger partial charge < -0.3 is 9.47 Å². The number of allylic oxidation sites excluding steroid dienone is 1. The van der Waals surface area contributed by atoms with Crippen LogP contribution >= 0.6 is 11.6 Å². The third kappa shape index (κ3) is 3.82. The topological polar surface area (TPSA) is 48.4 Å². The number of ether oxygens (including phenoxy) is 2. The van der Waals surface area contributed by atoms with Gasteiger partial charge in [-0.25, -0.2) is 4.98 Å². The number of nitrogens with zero attached hydrogens (tertiary/aromatic N) is 1. The van der Waals surface area contributed by atoms with Crippen molar-refractivity contribution in [2.75, 3.05) is 6.61 Å². The van der Waals surface area contributed by atoms with Gasteiger partial charge in [0.2, 0.25) is 5.79 Å². The van der Waals surface area contributed by atoms with E-state index in [1.54, 1.807) is 13.0 Å². The molecule has 0 amide bonds. The van der Waals surface area contributed by atoms with Gasteiger partial charge in [-0.05, 0) is 43.4 Å². The highest BCUT2D eigenvalue weighted by Gasteiger charge is 2.39. The van der Waals surface area contributed by atoms with Gasteiger partial charge in [0.1, 0.15) is 10.9 Å². The minimum absolute atomic E-state index is 0.209. The van der Waals surface area contributed by atoms with Gasteiger partial charge >= 0.3 is 0 Å². The standard InChI is InChI=1S/C24H20ClNO3/c1-3-28-24(2)19(15-17-9-5-7-11-22(17)29-24)21(27)13-12-18-14-16-8-4-6-10-20(16)26-23(18)25/h4-15H,3H2,1-2H3/b13-12+. The van der Waals surface area contributed by atoms with Crippen molar-refractivity contribution in [3.05, 3.63) is 82.5 Å². The Bertz CT molecular complexity index is 1150. The molecular formula is C24H20ClNO3. The van der Waals surface area contributed by atoms with Crippen molar-refractivity contribution in [2.24, 2.45) is 0 Å². The van der Waals surface area contributed by atoms with Crippen LogP contribution in [0.3, 0.4) is 0 Å². The Morgan fingerprint density at radius 3 is 2.79 bits per heavy atom. The molecule has 1 atom stereocenters. The van der Waals surface area contributed by atoms with E-state index in [0.717, 1.165) is 16.5 Å². The zero-order valence-corrected chi connectivity index (χ0v) is 16.9. The van der Waals surface area contributed by atoms with Gasteiger partial charge in [0.25, 0.3) is 0 Å². The summed E-state index contributed by atoms with van der Waals surface area (Å²) in [6, 6.07) is 17.2. The lowest BCUT2D eigenvalue weighted by Crippen LogP contribution is -2.42. The Balaban J connectivity index is 1.69. The number of halogens is 1. The average Bonchev–Trinajstić information content (AvgIpc) is 2.71. The number of fused-ring (bicyclic) bond motifs is 2. The van der Waals surface area contributed by atoms with E-state index in [0.29, 0.717) is 28.6 Å². The fraction of sp³-hybridized carbons (Fsp3) is 0.167. The largest absolute Gasteiger partial charge is 0.458 e. The molecule has 1 aromatic heterocycles. The molecule has 1 aliphatic heterocycles. The molecule has 1 unspecified atom stereocenters. The van der Waals surface area contributed by atoms with E-state index >= 15 is 0 Å². The molecule has 0 bridgehead atoms. The van der Waals surface area contributed by atoms with Crippen LogP contribution < -0.4 is 4.74 Å². The lowest BCUT2D eigenvalue weighted by Gasteiger charge is -2.35. The van der Waals surface area contributed by atoms with Gasteiger partial charge in [-0.3, -0.25) is 4.79 Å².